The van der Waals surface area contributed by atoms with Crippen LogP contribution in [0.3, 0.4) is 0 Å². The number of ether oxygens (including phenoxy) is 1. The molecule has 1 aliphatic heterocycles. The second-order valence-electron chi connectivity index (χ2n) is 7.44. The summed E-state index contributed by atoms with van der Waals surface area (Å²) in [5, 5.41) is 13.8. The molecule has 0 aliphatic carbocycles. The molecule has 4 rings (SSSR count). The van der Waals surface area contributed by atoms with Gasteiger partial charge in [-0.2, -0.15) is 13.2 Å². The summed E-state index contributed by atoms with van der Waals surface area (Å²) in [5.74, 6) is -0.970. The van der Waals surface area contributed by atoms with Gasteiger partial charge in [-0.25, -0.2) is 4.79 Å². The number of urea groups is 1. The lowest BCUT2D eigenvalue weighted by atomic mass is 10.1. The van der Waals surface area contributed by atoms with Crippen molar-refractivity contribution in [1.29, 1.82) is 0 Å². The number of alkyl halides is 3. The zero-order valence-electron chi connectivity index (χ0n) is 17.8. The standard InChI is InChI=1S/C24H16F3N3O5/c25-24(26,27)17-10-11-21(19(13-17)30(33)34)35-20-9-5-4-8-16(20)12-18-22(31)29(23(32)28-18)14-15-6-2-1-3-7-15/h1-13H,14H2,(H,28,32)/b18-12+. The monoisotopic (exact) mass is 483 g/mol. The lowest BCUT2D eigenvalue weighted by Crippen LogP contribution is -2.30. The number of hydrogen-bond acceptors (Lipinski definition) is 5. The topological polar surface area (TPSA) is 102 Å². The van der Waals surface area contributed by atoms with Crippen LogP contribution < -0.4 is 10.1 Å². The molecule has 0 atom stereocenters. The first-order valence-corrected chi connectivity index (χ1v) is 10.1. The SMILES string of the molecule is O=C1N/C(=C/c2ccccc2Oc2ccc(C(F)(F)F)cc2[N+](=O)[O-])C(=O)N1Cc1ccccc1. The van der Waals surface area contributed by atoms with Crippen molar-refractivity contribution < 1.29 is 32.4 Å². The lowest BCUT2D eigenvalue weighted by Gasteiger charge is -2.12. The molecule has 0 spiro atoms. The van der Waals surface area contributed by atoms with Gasteiger partial charge < -0.3 is 10.1 Å². The molecule has 0 saturated carbocycles. The van der Waals surface area contributed by atoms with Gasteiger partial charge in [0, 0.05) is 11.6 Å². The molecular formula is C24H16F3N3O5. The summed E-state index contributed by atoms with van der Waals surface area (Å²) >= 11 is 0. The van der Waals surface area contributed by atoms with Gasteiger partial charge in [0.15, 0.2) is 0 Å². The molecule has 1 N–H and O–H groups in total. The Bertz CT molecular complexity index is 1340. The molecule has 3 aromatic rings. The molecule has 8 nitrogen and oxygen atoms in total. The fourth-order valence-electron chi connectivity index (χ4n) is 3.37. The molecule has 0 radical (unpaired) electrons. The van der Waals surface area contributed by atoms with Crippen LogP contribution in [0, 0.1) is 10.1 Å². The molecule has 11 heteroatoms. The van der Waals surface area contributed by atoms with Crippen molar-refractivity contribution in [1.82, 2.24) is 10.2 Å². The van der Waals surface area contributed by atoms with E-state index >= 15 is 0 Å². The maximum Gasteiger partial charge on any atom is 0.416 e. The highest BCUT2D eigenvalue weighted by atomic mass is 19.4. The number of hydrogen-bond donors (Lipinski definition) is 1. The number of nitrogens with zero attached hydrogens (tertiary/aromatic N) is 2. The second kappa shape index (κ2) is 9.29. The summed E-state index contributed by atoms with van der Waals surface area (Å²) in [7, 11) is 0. The number of nitro groups is 1. The van der Waals surface area contributed by atoms with Crippen LogP contribution >= 0.6 is 0 Å². The van der Waals surface area contributed by atoms with Crippen molar-refractivity contribution in [2.24, 2.45) is 0 Å². The molecule has 0 aromatic heterocycles. The third-order valence-electron chi connectivity index (χ3n) is 5.07. The molecule has 1 aliphatic rings. The molecule has 1 fully saturated rings. The van der Waals surface area contributed by atoms with Gasteiger partial charge in [-0.15, -0.1) is 0 Å². The van der Waals surface area contributed by atoms with E-state index in [-0.39, 0.29) is 23.6 Å². The zero-order valence-corrected chi connectivity index (χ0v) is 17.8. The fraction of sp³-hybridized carbons (Fsp3) is 0.0833. The first-order valence-electron chi connectivity index (χ1n) is 10.1. The molecule has 1 saturated heterocycles. The highest BCUT2D eigenvalue weighted by Gasteiger charge is 2.35. The Kier molecular flexibility index (Phi) is 6.24. The average Bonchev–Trinajstić information content (AvgIpc) is 3.07. The fourth-order valence-corrected chi connectivity index (χ4v) is 3.37. The van der Waals surface area contributed by atoms with Gasteiger partial charge in [0.2, 0.25) is 5.75 Å². The molecule has 0 bridgehead atoms. The van der Waals surface area contributed by atoms with E-state index < -0.39 is 40.0 Å². The third kappa shape index (κ3) is 5.13. The van der Waals surface area contributed by atoms with Crippen LogP contribution in [0.5, 0.6) is 11.5 Å². The van der Waals surface area contributed by atoms with Crippen LogP contribution in [-0.2, 0) is 17.5 Å². The van der Waals surface area contributed by atoms with Crippen LogP contribution in [0.15, 0.2) is 78.5 Å². The van der Waals surface area contributed by atoms with E-state index in [1.54, 1.807) is 42.5 Å². The van der Waals surface area contributed by atoms with Gasteiger partial charge >= 0.3 is 17.9 Å². The van der Waals surface area contributed by atoms with Crippen molar-refractivity contribution >= 4 is 23.7 Å². The number of amides is 3. The van der Waals surface area contributed by atoms with Crippen LogP contribution in [0.25, 0.3) is 6.08 Å². The van der Waals surface area contributed by atoms with Crippen molar-refractivity contribution in [3.63, 3.8) is 0 Å². The van der Waals surface area contributed by atoms with Crippen LogP contribution in [0.1, 0.15) is 16.7 Å². The van der Waals surface area contributed by atoms with E-state index in [2.05, 4.69) is 5.32 Å². The first kappa shape index (κ1) is 23.5. The third-order valence-corrected chi connectivity index (χ3v) is 5.07. The highest BCUT2D eigenvalue weighted by Crippen LogP contribution is 2.38. The number of carbonyl (C=O) groups is 2. The predicted octanol–water partition coefficient (Wildman–Crippen LogP) is 5.50. The molecule has 3 amide bonds. The number of carbonyl (C=O) groups excluding carboxylic acids is 2. The minimum atomic E-state index is -4.77. The molecule has 35 heavy (non-hydrogen) atoms. The Balaban J connectivity index is 1.63. The smallest absolute Gasteiger partial charge is 0.416 e. The lowest BCUT2D eigenvalue weighted by molar-refractivity contribution is -0.385. The van der Waals surface area contributed by atoms with Crippen molar-refractivity contribution in [3.05, 3.63) is 105 Å². The Morgan fingerprint density at radius 1 is 0.971 bits per heavy atom. The summed E-state index contributed by atoms with van der Waals surface area (Å²) in [6.45, 7) is 0.0543. The number of para-hydroxylation sites is 1. The average molecular weight is 483 g/mol. The number of benzene rings is 3. The normalized spacial score (nSPS) is 14.8. The van der Waals surface area contributed by atoms with E-state index in [9.17, 15) is 32.9 Å². The number of nitro benzene ring substituents is 1. The van der Waals surface area contributed by atoms with Crippen molar-refractivity contribution in [3.8, 4) is 11.5 Å². The zero-order chi connectivity index (χ0) is 25.2. The van der Waals surface area contributed by atoms with Gasteiger partial charge in [0.1, 0.15) is 11.4 Å². The summed E-state index contributed by atoms with van der Waals surface area (Å²) in [4.78, 5) is 36.6. The van der Waals surface area contributed by atoms with Crippen LogP contribution in [-0.4, -0.2) is 21.8 Å². The summed E-state index contributed by atoms with van der Waals surface area (Å²) in [6.07, 6.45) is -3.44. The van der Waals surface area contributed by atoms with E-state index in [1.807, 2.05) is 0 Å². The first-order chi connectivity index (χ1) is 16.6. The van der Waals surface area contributed by atoms with E-state index in [4.69, 9.17) is 4.74 Å². The highest BCUT2D eigenvalue weighted by molar-refractivity contribution is 6.14. The van der Waals surface area contributed by atoms with Gasteiger partial charge in [-0.1, -0.05) is 48.5 Å². The molecule has 3 aromatic carbocycles. The van der Waals surface area contributed by atoms with Gasteiger partial charge in [0.05, 0.1) is 17.0 Å². The molecular weight excluding hydrogens is 467 g/mol. The maximum atomic E-state index is 13.0. The molecule has 0 unspecified atom stereocenters. The number of halogens is 3. The minimum Gasteiger partial charge on any atom is -0.449 e. The number of rotatable bonds is 6. The Labute approximate surface area is 196 Å². The van der Waals surface area contributed by atoms with Gasteiger partial charge in [-0.05, 0) is 29.8 Å². The predicted molar refractivity (Wildman–Crippen MR) is 118 cm³/mol. The minimum absolute atomic E-state index is 0.0337. The largest absolute Gasteiger partial charge is 0.449 e. The number of imide groups is 1. The molecule has 178 valence electrons. The van der Waals surface area contributed by atoms with Gasteiger partial charge in [0.25, 0.3) is 5.91 Å². The van der Waals surface area contributed by atoms with E-state index in [0.717, 1.165) is 16.5 Å². The van der Waals surface area contributed by atoms with Crippen molar-refractivity contribution in [2.75, 3.05) is 0 Å². The van der Waals surface area contributed by atoms with Crippen LogP contribution in [0.4, 0.5) is 23.7 Å². The maximum absolute atomic E-state index is 13.0. The summed E-state index contributed by atoms with van der Waals surface area (Å²) < 4.78 is 44.5. The summed E-state index contributed by atoms with van der Waals surface area (Å²) in [6, 6.07) is 16.3. The van der Waals surface area contributed by atoms with E-state index in [1.165, 1.54) is 18.2 Å². The van der Waals surface area contributed by atoms with Crippen LogP contribution in [0.2, 0.25) is 0 Å². The summed E-state index contributed by atoms with van der Waals surface area (Å²) in [5.41, 5.74) is -1.10. The Morgan fingerprint density at radius 3 is 2.34 bits per heavy atom. The van der Waals surface area contributed by atoms with E-state index in [0.29, 0.717) is 12.1 Å². The quantitative estimate of drug-likeness (QED) is 0.216. The van der Waals surface area contributed by atoms with Crippen molar-refractivity contribution in [2.45, 2.75) is 12.7 Å². The van der Waals surface area contributed by atoms with Gasteiger partial charge in [-0.3, -0.25) is 19.8 Å². The number of nitrogens with one attached hydrogen (secondary N) is 1. The second-order valence-corrected chi connectivity index (χ2v) is 7.44. The Morgan fingerprint density at radius 2 is 1.66 bits per heavy atom. The molecule has 1 heterocycles. The Hall–Kier alpha value is -4.67.